The van der Waals surface area contributed by atoms with Crippen molar-refractivity contribution >= 4 is 27.4 Å². The van der Waals surface area contributed by atoms with Crippen molar-refractivity contribution in [3.05, 3.63) is 35.0 Å². The third-order valence-electron chi connectivity index (χ3n) is 3.57. The molecule has 21 heavy (non-hydrogen) atoms. The van der Waals surface area contributed by atoms with Gasteiger partial charge in [-0.1, -0.05) is 6.92 Å². The van der Waals surface area contributed by atoms with Crippen LogP contribution in [0.15, 0.2) is 24.3 Å². The molecule has 0 saturated carbocycles. The first-order chi connectivity index (χ1) is 10.0. The molecule has 0 amide bonds. The first-order valence-electron chi connectivity index (χ1n) is 7.07. The number of hydrogen-bond donors (Lipinski definition) is 1. The van der Waals surface area contributed by atoms with Gasteiger partial charge in [0.2, 0.25) is 0 Å². The van der Waals surface area contributed by atoms with Crippen molar-refractivity contribution in [3.63, 3.8) is 0 Å². The molecule has 0 aliphatic carbocycles. The van der Waals surface area contributed by atoms with Gasteiger partial charge in [0.05, 0.1) is 21.6 Å². The molecule has 2 aromatic heterocycles. The molecule has 0 bridgehead atoms. The van der Waals surface area contributed by atoms with Gasteiger partial charge in [-0.3, -0.25) is 0 Å². The number of hydrogen-bond acceptors (Lipinski definition) is 3. The number of nitrogen functional groups attached to an aromatic ring is 1. The Morgan fingerprint density at radius 3 is 2.71 bits per heavy atom. The summed E-state index contributed by atoms with van der Waals surface area (Å²) in [5.74, 6) is 0.550. The Labute approximate surface area is 127 Å². The van der Waals surface area contributed by atoms with Crippen LogP contribution in [0.4, 0.5) is 9.39 Å². The van der Waals surface area contributed by atoms with Crippen LogP contribution in [0.25, 0.3) is 22.4 Å². The van der Waals surface area contributed by atoms with Crippen molar-refractivity contribution in [2.75, 3.05) is 5.73 Å². The maximum absolute atomic E-state index is 13.4. The number of imidazole rings is 1. The molecule has 5 heteroatoms. The number of rotatable bonds is 3. The van der Waals surface area contributed by atoms with E-state index in [-0.39, 0.29) is 11.9 Å². The van der Waals surface area contributed by atoms with Gasteiger partial charge in [0.25, 0.3) is 0 Å². The fraction of sp³-hybridized carbons (Fsp3) is 0.312. The Bertz CT molecular complexity index is 801. The van der Waals surface area contributed by atoms with Gasteiger partial charge >= 0.3 is 0 Å². The second-order valence-corrected chi connectivity index (χ2v) is 6.54. The largest absolute Gasteiger partial charge is 0.390 e. The number of fused-ring (bicyclic) bond motifs is 1. The van der Waals surface area contributed by atoms with Gasteiger partial charge < -0.3 is 10.3 Å². The summed E-state index contributed by atoms with van der Waals surface area (Å²) in [6, 6.07) is 7.04. The monoisotopic (exact) mass is 303 g/mol. The van der Waals surface area contributed by atoms with Crippen LogP contribution >= 0.6 is 11.3 Å². The van der Waals surface area contributed by atoms with Crippen molar-refractivity contribution in [2.24, 2.45) is 0 Å². The Hall–Kier alpha value is -1.88. The van der Waals surface area contributed by atoms with Gasteiger partial charge in [-0.05, 0) is 38.5 Å². The molecule has 0 fully saturated rings. The molecule has 110 valence electrons. The van der Waals surface area contributed by atoms with Crippen LogP contribution in [0.3, 0.4) is 0 Å². The van der Waals surface area contributed by atoms with E-state index in [4.69, 9.17) is 5.73 Å². The number of halogens is 1. The number of anilines is 1. The minimum Gasteiger partial charge on any atom is -0.390 e. The van der Waals surface area contributed by atoms with Crippen molar-refractivity contribution in [2.45, 2.75) is 33.2 Å². The van der Waals surface area contributed by atoms with Gasteiger partial charge in [0.15, 0.2) is 0 Å². The third-order valence-corrected chi connectivity index (χ3v) is 4.68. The number of nitrogens with two attached hydrogens (primary N) is 1. The van der Waals surface area contributed by atoms with E-state index < -0.39 is 0 Å². The molecule has 3 aromatic rings. The molecule has 1 aromatic carbocycles. The summed E-state index contributed by atoms with van der Waals surface area (Å²) < 4.78 is 15.6. The molecule has 0 spiro atoms. The second kappa shape index (κ2) is 5.15. The van der Waals surface area contributed by atoms with E-state index in [2.05, 4.69) is 36.4 Å². The highest BCUT2D eigenvalue weighted by atomic mass is 32.1. The number of benzene rings is 1. The minimum absolute atomic E-state index is 0.222. The second-order valence-electron chi connectivity index (χ2n) is 5.38. The van der Waals surface area contributed by atoms with Gasteiger partial charge in [-0.25, -0.2) is 9.37 Å². The molecule has 0 aliphatic rings. The highest BCUT2D eigenvalue weighted by Gasteiger charge is 2.19. The van der Waals surface area contributed by atoms with Crippen LogP contribution in [-0.2, 0) is 6.42 Å². The molecule has 2 heterocycles. The van der Waals surface area contributed by atoms with Gasteiger partial charge in [-0.2, -0.15) is 0 Å². The molecule has 0 atom stereocenters. The van der Waals surface area contributed by atoms with Gasteiger partial charge in [0.1, 0.15) is 11.6 Å². The standard InChI is InChI=1S/C16H18FN3S/c1-4-11-8-12(15(18)21-11)16-19-13-7-10(17)5-6-14(13)20(16)9(2)3/h5-9H,4,18H2,1-3H3. The third kappa shape index (κ3) is 2.31. The Morgan fingerprint density at radius 1 is 1.33 bits per heavy atom. The van der Waals surface area contributed by atoms with E-state index in [0.717, 1.165) is 28.3 Å². The molecule has 2 N–H and O–H groups in total. The number of aromatic nitrogens is 2. The molecule has 3 rings (SSSR count). The highest BCUT2D eigenvalue weighted by molar-refractivity contribution is 7.16. The van der Waals surface area contributed by atoms with Gasteiger partial charge in [0, 0.05) is 17.0 Å². The lowest BCUT2D eigenvalue weighted by Gasteiger charge is -2.12. The zero-order valence-corrected chi connectivity index (χ0v) is 13.2. The quantitative estimate of drug-likeness (QED) is 0.766. The SMILES string of the molecule is CCc1cc(-c2nc3cc(F)ccc3n2C(C)C)c(N)s1. The Balaban J connectivity index is 2.30. The predicted molar refractivity (Wildman–Crippen MR) is 87.2 cm³/mol. The minimum atomic E-state index is -0.269. The van der Waals surface area contributed by atoms with Crippen LogP contribution in [0.5, 0.6) is 0 Å². The summed E-state index contributed by atoms with van der Waals surface area (Å²) >= 11 is 1.59. The molecule has 0 saturated heterocycles. The molecule has 0 radical (unpaired) electrons. The summed E-state index contributed by atoms with van der Waals surface area (Å²) in [7, 11) is 0. The average molecular weight is 303 g/mol. The molecule has 3 nitrogen and oxygen atoms in total. The van der Waals surface area contributed by atoms with E-state index in [0.29, 0.717) is 5.52 Å². The predicted octanol–water partition coefficient (Wildman–Crippen LogP) is 4.63. The van der Waals surface area contributed by atoms with Crippen LogP contribution < -0.4 is 5.73 Å². The lowest BCUT2D eigenvalue weighted by Crippen LogP contribution is -2.03. The summed E-state index contributed by atoms with van der Waals surface area (Å²) in [5.41, 5.74) is 8.71. The fourth-order valence-corrected chi connectivity index (χ4v) is 3.46. The fourth-order valence-electron chi connectivity index (χ4n) is 2.59. The lowest BCUT2D eigenvalue weighted by molar-refractivity contribution is 0.620. The summed E-state index contributed by atoms with van der Waals surface area (Å²) in [4.78, 5) is 5.86. The zero-order valence-electron chi connectivity index (χ0n) is 12.4. The maximum Gasteiger partial charge on any atom is 0.144 e. The Kier molecular flexibility index (Phi) is 3.45. The van der Waals surface area contributed by atoms with Crippen LogP contribution in [0.1, 0.15) is 31.7 Å². The van der Waals surface area contributed by atoms with E-state index in [9.17, 15) is 4.39 Å². The molecule has 0 aliphatic heterocycles. The number of nitrogens with zero attached hydrogens (tertiary/aromatic N) is 2. The summed E-state index contributed by atoms with van der Waals surface area (Å²) in [5, 5.41) is 0.768. The molecular formula is C16H18FN3S. The van der Waals surface area contributed by atoms with E-state index in [1.165, 1.54) is 17.0 Å². The van der Waals surface area contributed by atoms with Gasteiger partial charge in [-0.15, -0.1) is 11.3 Å². The van der Waals surface area contributed by atoms with E-state index in [1.807, 2.05) is 0 Å². The van der Waals surface area contributed by atoms with Crippen LogP contribution in [-0.4, -0.2) is 9.55 Å². The average Bonchev–Trinajstić information content (AvgIpc) is 2.98. The summed E-state index contributed by atoms with van der Waals surface area (Å²) in [6.07, 6.45) is 0.950. The maximum atomic E-state index is 13.4. The summed E-state index contributed by atoms with van der Waals surface area (Å²) in [6.45, 7) is 6.30. The first-order valence-corrected chi connectivity index (χ1v) is 7.89. The van der Waals surface area contributed by atoms with Crippen molar-refractivity contribution in [3.8, 4) is 11.4 Å². The van der Waals surface area contributed by atoms with Crippen LogP contribution in [0, 0.1) is 5.82 Å². The van der Waals surface area contributed by atoms with E-state index in [1.54, 1.807) is 17.4 Å². The van der Waals surface area contributed by atoms with Crippen LogP contribution in [0.2, 0.25) is 0 Å². The topological polar surface area (TPSA) is 43.8 Å². The Morgan fingerprint density at radius 2 is 2.10 bits per heavy atom. The first kappa shape index (κ1) is 14.1. The highest BCUT2D eigenvalue weighted by Crippen LogP contribution is 2.36. The lowest BCUT2D eigenvalue weighted by atomic mass is 10.2. The van der Waals surface area contributed by atoms with Crippen molar-refractivity contribution in [1.29, 1.82) is 0 Å². The molecule has 0 unspecified atom stereocenters. The smallest absolute Gasteiger partial charge is 0.144 e. The number of thiophene rings is 1. The van der Waals surface area contributed by atoms with Crippen molar-refractivity contribution in [1.82, 2.24) is 9.55 Å². The number of aryl methyl sites for hydroxylation is 1. The normalized spacial score (nSPS) is 11.7. The van der Waals surface area contributed by atoms with Crippen molar-refractivity contribution < 1.29 is 4.39 Å². The molecular weight excluding hydrogens is 285 g/mol. The van der Waals surface area contributed by atoms with E-state index >= 15 is 0 Å². The zero-order chi connectivity index (χ0) is 15.1.